The molecule has 1 amide bonds. The number of hydrogen-bond donors (Lipinski definition) is 4. The molecular weight excluding hydrogens is 248 g/mol. The Labute approximate surface area is 110 Å². The van der Waals surface area contributed by atoms with Gasteiger partial charge in [-0.3, -0.25) is 14.6 Å². The van der Waals surface area contributed by atoms with E-state index in [1.165, 1.54) is 6.07 Å². The molecule has 1 aliphatic rings. The molecule has 104 valence electrons. The molecule has 0 atom stereocenters. The topological polar surface area (TPSA) is 102 Å². The first-order chi connectivity index (χ1) is 9.04. The maximum absolute atomic E-state index is 11.8. The van der Waals surface area contributed by atoms with Gasteiger partial charge in [0.05, 0.1) is 11.7 Å². The van der Waals surface area contributed by atoms with E-state index in [4.69, 9.17) is 0 Å². The lowest BCUT2D eigenvalue weighted by molar-refractivity contribution is 0.0909. The third-order valence-corrected chi connectivity index (χ3v) is 3.46. The summed E-state index contributed by atoms with van der Waals surface area (Å²) in [5, 5.41) is 21.4. The van der Waals surface area contributed by atoms with Crippen LogP contribution >= 0.6 is 0 Å². The molecule has 6 nitrogen and oxygen atoms in total. The molecule has 1 fully saturated rings. The molecule has 0 unspecified atom stereocenters. The molecule has 0 spiro atoms. The van der Waals surface area contributed by atoms with E-state index in [0.717, 1.165) is 31.7 Å². The third-order valence-electron chi connectivity index (χ3n) is 3.46. The molecule has 0 aliphatic heterocycles. The first kappa shape index (κ1) is 13.6. The van der Waals surface area contributed by atoms with Crippen LogP contribution in [0.1, 0.15) is 36.0 Å². The number of carbonyl (C=O) groups excluding carboxylic acids is 1. The fourth-order valence-corrected chi connectivity index (χ4v) is 2.35. The Hall–Kier alpha value is -1.82. The van der Waals surface area contributed by atoms with Gasteiger partial charge in [0.25, 0.3) is 11.5 Å². The molecule has 1 heterocycles. The van der Waals surface area contributed by atoms with Gasteiger partial charge in [-0.05, 0) is 31.6 Å². The van der Waals surface area contributed by atoms with E-state index in [0.29, 0.717) is 12.5 Å². The highest BCUT2D eigenvalue weighted by Crippen LogP contribution is 2.23. The Bertz CT molecular complexity index is 504. The molecule has 0 radical (unpaired) electrons. The lowest BCUT2D eigenvalue weighted by Crippen LogP contribution is -2.32. The Kier molecular flexibility index (Phi) is 4.21. The standard InChI is InChI=1S/C13H18N2O4/c16-10-3-1-8(2-4-10)7-14-13(19)9-5-11(17)15-12(18)6-9/h5-6,8,10,16H,1-4,7H2,(H,14,19)(H2,15,17,18). The number of pyridine rings is 1. The first-order valence-electron chi connectivity index (χ1n) is 6.44. The van der Waals surface area contributed by atoms with Crippen molar-refractivity contribution in [3.05, 3.63) is 28.0 Å². The lowest BCUT2D eigenvalue weighted by Gasteiger charge is -2.25. The van der Waals surface area contributed by atoms with Crippen LogP contribution in [0.3, 0.4) is 0 Å². The summed E-state index contributed by atoms with van der Waals surface area (Å²) >= 11 is 0. The summed E-state index contributed by atoms with van der Waals surface area (Å²) in [7, 11) is 0. The number of amides is 1. The van der Waals surface area contributed by atoms with Gasteiger partial charge in [0.2, 0.25) is 0 Å². The van der Waals surface area contributed by atoms with Crippen molar-refractivity contribution >= 4 is 5.91 Å². The van der Waals surface area contributed by atoms with E-state index < -0.39 is 5.56 Å². The van der Waals surface area contributed by atoms with Crippen LogP contribution in [0.15, 0.2) is 16.9 Å². The maximum atomic E-state index is 11.8. The van der Waals surface area contributed by atoms with Crippen molar-refractivity contribution < 1.29 is 15.0 Å². The number of nitrogens with one attached hydrogen (secondary N) is 2. The van der Waals surface area contributed by atoms with Gasteiger partial charge in [0.15, 0.2) is 5.88 Å². The monoisotopic (exact) mass is 266 g/mol. The smallest absolute Gasteiger partial charge is 0.251 e. The molecule has 4 N–H and O–H groups in total. The molecule has 1 aromatic heterocycles. The summed E-state index contributed by atoms with van der Waals surface area (Å²) in [6.07, 6.45) is 3.11. The third kappa shape index (κ3) is 3.82. The second kappa shape index (κ2) is 5.88. The Morgan fingerprint density at radius 1 is 1.32 bits per heavy atom. The van der Waals surface area contributed by atoms with E-state index >= 15 is 0 Å². The Balaban J connectivity index is 1.89. The van der Waals surface area contributed by atoms with Crippen LogP contribution < -0.4 is 10.9 Å². The summed E-state index contributed by atoms with van der Waals surface area (Å²) < 4.78 is 0. The summed E-state index contributed by atoms with van der Waals surface area (Å²) in [6.45, 7) is 0.527. The molecular formula is C13H18N2O4. The van der Waals surface area contributed by atoms with E-state index in [1.807, 2.05) is 0 Å². The highest BCUT2D eigenvalue weighted by molar-refractivity contribution is 5.94. The minimum Gasteiger partial charge on any atom is -0.494 e. The first-order valence-corrected chi connectivity index (χ1v) is 6.44. The van der Waals surface area contributed by atoms with Gasteiger partial charge in [-0.25, -0.2) is 0 Å². The molecule has 1 aromatic rings. The second-order valence-corrected chi connectivity index (χ2v) is 5.00. The van der Waals surface area contributed by atoms with E-state index in [2.05, 4.69) is 10.3 Å². The van der Waals surface area contributed by atoms with Crippen molar-refractivity contribution in [1.82, 2.24) is 10.3 Å². The Morgan fingerprint density at radius 3 is 2.63 bits per heavy atom. The van der Waals surface area contributed by atoms with Crippen LogP contribution in [0.5, 0.6) is 5.88 Å². The van der Waals surface area contributed by atoms with Crippen molar-refractivity contribution in [2.45, 2.75) is 31.8 Å². The Morgan fingerprint density at radius 2 is 2.00 bits per heavy atom. The van der Waals surface area contributed by atoms with Gasteiger partial charge in [-0.1, -0.05) is 0 Å². The molecule has 6 heteroatoms. The average Bonchev–Trinajstić information content (AvgIpc) is 2.36. The number of hydrogen-bond acceptors (Lipinski definition) is 4. The molecule has 0 bridgehead atoms. The van der Waals surface area contributed by atoms with Crippen molar-refractivity contribution in [3.63, 3.8) is 0 Å². The summed E-state index contributed by atoms with van der Waals surface area (Å²) in [6, 6.07) is 2.38. The van der Waals surface area contributed by atoms with Gasteiger partial charge < -0.3 is 15.5 Å². The normalized spacial score (nSPS) is 23.0. The lowest BCUT2D eigenvalue weighted by atomic mass is 9.87. The molecule has 2 rings (SSSR count). The predicted molar refractivity (Wildman–Crippen MR) is 69.0 cm³/mol. The quantitative estimate of drug-likeness (QED) is 0.634. The van der Waals surface area contributed by atoms with Crippen molar-refractivity contribution in [2.24, 2.45) is 5.92 Å². The van der Waals surface area contributed by atoms with Crippen LogP contribution in [0.25, 0.3) is 0 Å². The maximum Gasteiger partial charge on any atom is 0.251 e. The molecule has 1 saturated carbocycles. The van der Waals surface area contributed by atoms with Crippen molar-refractivity contribution in [1.29, 1.82) is 0 Å². The number of aromatic nitrogens is 1. The molecule has 19 heavy (non-hydrogen) atoms. The number of aliphatic hydroxyl groups is 1. The van der Waals surface area contributed by atoms with E-state index in [9.17, 15) is 19.8 Å². The average molecular weight is 266 g/mol. The van der Waals surface area contributed by atoms with Crippen LogP contribution in [-0.4, -0.2) is 33.8 Å². The SMILES string of the molecule is O=C(NCC1CCC(O)CC1)c1cc(O)[nH]c(=O)c1. The zero-order chi connectivity index (χ0) is 13.8. The fourth-order valence-electron chi connectivity index (χ4n) is 2.35. The largest absolute Gasteiger partial charge is 0.494 e. The number of aliphatic hydroxyl groups excluding tert-OH is 1. The minimum absolute atomic E-state index is 0.150. The van der Waals surface area contributed by atoms with Gasteiger partial charge in [-0.15, -0.1) is 0 Å². The summed E-state index contributed by atoms with van der Waals surface area (Å²) in [5.74, 6) is -0.325. The van der Waals surface area contributed by atoms with Gasteiger partial charge >= 0.3 is 0 Å². The second-order valence-electron chi connectivity index (χ2n) is 5.00. The minimum atomic E-state index is -0.508. The van der Waals surface area contributed by atoms with Crippen molar-refractivity contribution in [3.8, 4) is 5.88 Å². The zero-order valence-corrected chi connectivity index (χ0v) is 10.6. The number of aromatic hydroxyl groups is 1. The molecule has 0 aromatic carbocycles. The molecule has 1 aliphatic carbocycles. The van der Waals surface area contributed by atoms with Gasteiger partial charge in [-0.2, -0.15) is 0 Å². The van der Waals surface area contributed by atoms with Crippen molar-refractivity contribution in [2.75, 3.05) is 6.54 Å². The molecule has 0 saturated heterocycles. The number of H-pyrrole nitrogens is 1. The number of carbonyl (C=O) groups is 1. The zero-order valence-electron chi connectivity index (χ0n) is 10.6. The summed E-state index contributed by atoms with van der Waals surface area (Å²) in [4.78, 5) is 25.1. The highest BCUT2D eigenvalue weighted by atomic mass is 16.3. The fraction of sp³-hybridized carbons (Fsp3) is 0.538. The number of rotatable bonds is 3. The van der Waals surface area contributed by atoms with Gasteiger partial charge in [0, 0.05) is 18.7 Å². The van der Waals surface area contributed by atoms with Crippen LogP contribution in [0.2, 0.25) is 0 Å². The predicted octanol–water partition coefficient (Wildman–Crippen LogP) is 0.361. The van der Waals surface area contributed by atoms with E-state index in [-0.39, 0.29) is 23.5 Å². The summed E-state index contributed by atoms with van der Waals surface area (Å²) in [5.41, 5.74) is -0.358. The van der Waals surface area contributed by atoms with Gasteiger partial charge in [0.1, 0.15) is 0 Å². The van der Waals surface area contributed by atoms with E-state index in [1.54, 1.807) is 0 Å². The van der Waals surface area contributed by atoms with Crippen LogP contribution in [0, 0.1) is 5.92 Å². The highest BCUT2D eigenvalue weighted by Gasteiger charge is 2.20. The van der Waals surface area contributed by atoms with Crippen LogP contribution in [-0.2, 0) is 0 Å². The van der Waals surface area contributed by atoms with Crippen LogP contribution in [0.4, 0.5) is 0 Å². The number of aromatic amines is 1.